The Labute approximate surface area is 120 Å². The number of nitrogens with zero attached hydrogens (tertiary/aromatic N) is 3. The molecule has 8 heteroatoms. The molecule has 0 saturated carbocycles. The Bertz CT molecular complexity index is 648. The number of hydrogen-bond donors (Lipinski definition) is 2. The lowest BCUT2D eigenvalue weighted by Crippen LogP contribution is -2.07. The summed E-state index contributed by atoms with van der Waals surface area (Å²) in [6.45, 7) is 0.268. The van der Waals surface area contributed by atoms with Gasteiger partial charge in [-0.2, -0.15) is 4.98 Å². The van der Waals surface area contributed by atoms with Gasteiger partial charge in [-0.25, -0.2) is 4.98 Å². The van der Waals surface area contributed by atoms with Gasteiger partial charge < -0.3 is 15.2 Å². The number of rotatable bonds is 6. The summed E-state index contributed by atoms with van der Waals surface area (Å²) in [5.41, 5.74) is 1.33. The van der Waals surface area contributed by atoms with Crippen molar-refractivity contribution in [1.82, 2.24) is 9.97 Å². The lowest BCUT2D eigenvalue weighted by Gasteiger charge is -2.08. The first kappa shape index (κ1) is 14.7. The third-order valence-electron chi connectivity index (χ3n) is 2.80. The van der Waals surface area contributed by atoms with Crippen molar-refractivity contribution >= 4 is 11.5 Å². The van der Waals surface area contributed by atoms with Gasteiger partial charge in [0.25, 0.3) is 5.88 Å². The summed E-state index contributed by atoms with van der Waals surface area (Å²) in [5, 5.41) is 23.1. The summed E-state index contributed by atoms with van der Waals surface area (Å²) < 4.78 is 4.87. The Kier molecular flexibility index (Phi) is 4.62. The van der Waals surface area contributed by atoms with Crippen LogP contribution in [-0.2, 0) is 13.2 Å². The molecule has 0 atom stereocenters. The maximum Gasteiger partial charge on any atom is 0.372 e. The van der Waals surface area contributed by atoms with Gasteiger partial charge in [0.1, 0.15) is 6.33 Å². The highest BCUT2D eigenvalue weighted by atomic mass is 16.6. The summed E-state index contributed by atoms with van der Waals surface area (Å²) in [4.78, 5) is 18.1. The predicted octanol–water partition coefficient (Wildman–Crippen LogP) is 1.50. The van der Waals surface area contributed by atoms with Crippen LogP contribution >= 0.6 is 0 Å². The number of nitro groups is 1. The minimum absolute atomic E-state index is 0.0602. The van der Waals surface area contributed by atoms with Crippen LogP contribution in [0.3, 0.4) is 0 Å². The van der Waals surface area contributed by atoms with Crippen LogP contribution in [0.2, 0.25) is 0 Å². The van der Waals surface area contributed by atoms with E-state index in [9.17, 15) is 10.1 Å². The minimum Gasteiger partial charge on any atom is -0.476 e. The molecule has 21 heavy (non-hydrogen) atoms. The van der Waals surface area contributed by atoms with Crippen molar-refractivity contribution in [2.75, 3.05) is 12.4 Å². The minimum atomic E-state index is -0.592. The van der Waals surface area contributed by atoms with Gasteiger partial charge in [0, 0.05) is 6.54 Å². The van der Waals surface area contributed by atoms with Gasteiger partial charge in [0.2, 0.25) is 5.82 Å². The van der Waals surface area contributed by atoms with Gasteiger partial charge in [-0.3, -0.25) is 10.1 Å². The lowest BCUT2D eigenvalue weighted by molar-refractivity contribution is -0.385. The molecule has 0 aliphatic carbocycles. The molecule has 0 saturated heterocycles. The van der Waals surface area contributed by atoms with Crippen molar-refractivity contribution in [3.8, 4) is 5.88 Å². The number of anilines is 1. The Balaban J connectivity index is 2.21. The number of aliphatic hydroxyl groups is 1. The average Bonchev–Trinajstić information content (AvgIpc) is 2.52. The van der Waals surface area contributed by atoms with Gasteiger partial charge >= 0.3 is 5.69 Å². The van der Waals surface area contributed by atoms with Crippen molar-refractivity contribution in [2.45, 2.75) is 13.2 Å². The van der Waals surface area contributed by atoms with Crippen molar-refractivity contribution in [3.05, 3.63) is 51.8 Å². The van der Waals surface area contributed by atoms with Crippen molar-refractivity contribution < 1.29 is 14.8 Å². The maximum atomic E-state index is 11.1. The highest BCUT2D eigenvalue weighted by Gasteiger charge is 2.23. The fourth-order valence-electron chi connectivity index (χ4n) is 1.83. The van der Waals surface area contributed by atoms with Crippen LogP contribution < -0.4 is 10.1 Å². The third kappa shape index (κ3) is 3.42. The van der Waals surface area contributed by atoms with Gasteiger partial charge in [-0.05, 0) is 11.1 Å². The topological polar surface area (TPSA) is 110 Å². The maximum absolute atomic E-state index is 11.1. The Morgan fingerprint density at radius 2 is 2.14 bits per heavy atom. The molecule has 110 valence electrons. The summed E-state index contributed by atoms with van der Waals surface area (Å²) in [6, 6.07) is 7.24. The fraction of sp³-hybridized carbons (Fsp3) is 0.231. The second-order valence-electron chi connectivity index (χ2n) is 4.17. The molecule has 8 nitrogen and oxygen atoms in total. The van der Waals surface area contributed by atoms with E-state index < -0.39 is 4.92 Å². The zero-order valence-electron chi connectivity index (χ0n) is 11.3. The molecule has 0 unspecified atom stereocenters. The predicted molar refractivity (Wildman–Crippen MR) is 74.9 cm³/mol. The van der Waals surface area contributed by atoms with Crippen LogP contribution in [0.4, 0.5) is 11.5 Å². The zero-order valence-corrected chi connectivity index (χ0v) is 11.3. The van der Waals surface area contributed by atoms with Crippen molar-refractivity contribution in [1.29, 1.82) is 0 Å². The number of aromatic nitrogens is 2. The Hall–Kier alpha value is -2.74. The molecule has 1 aromatic heterocycles. The molecular weight excluding hydrogens is 276 g/mol. The molecule has 1 heterocycles. The lowest BCUT2D eigenvalue weighted by atomic mass is 10.1. The zero-order chi connectivity index (χ0) is 15.2. The summed E-state index contributed by atoms with van der Waals surface area (Å²) in [6.07, 6.45) is 1.19. The molecule has 0 aliphatic heterocycles. The Morgan fingerprint density at radius 1 is 1.38 bits per heavy atom. The number of hydrogen-bond acceptors (Lipinski definition) is 7. The van der Waals surface area contributed by atoms with Gasteiger partial charge in [-0.15, -0.1) is 0 Å². The van der Waals surface area contributed by atoms with E-state index in [0.29, 0.717) is 6.54 Å². The van der Waals surface area contributed by atoms with Crippen LogP contribution in [0.25, 0.3) is 0 Å². The van der Waals surface area contributed by atoms with E-state index in [4.69, 9.17) is 9.84 Å². The van der Waals surface area contributed by atoms with Gasteiger partial charge in [-0.1, -0.05) is 24.3 Å². The number of nitrogens with one attached hydrogen (secondary N) is 1. The molecule has 0 spiro atoms. The number of aliphatic hydroxyl groups excluding tert-OH is 1. The second-order valence-corrected chi connectivity index (χ2v) is 4.17. The molecule has 1 aromatic carbocycles. The van der Waals surface area contributed by atoms with Crippen molar-refractivity contribution in [3.63, 3.8) is 0 Å². The highest BCUT2D eigenvalue weighted by Crippen LogP contribution is 2.30. The van der Waals surface area contributed by atoms with E-state index in [-0.39, 0.29) is 24.0 Å². The van der Waals surface area contributed by atoms with Crippen LogP contribution in [0.1, 0.15) is 11.1 Å². The molecule has 0 radical (unpaired) electrons. The smallest absolute Gasteiger partial charge is 0.372 e. The molecular formula is C13H14N4O4. The van der Waals surface area contributed by atoms with Gasteiger partial charge in [0.05, 0.1) is 18.6 Å². The average molecular weight is 290 g/mol. The SMILES string of the molecule is COc1ncnc(NCc2cccc(CO)c2)c1[N+](=O)[O-]. The molecule has 2 aromatic rings. The van der Waals surface area contributed by atoms with Crippen molar-refractivity contribution in [2.24, 2.45) is 0 Å². The van der Waals surface area contributed by atoms with E-state index >= 15 is 0 Å². The Morgan fingerprint density at radius 3 is 2.81 bits per heavy atom. The van der Waals surface area contributed by atoms with E-state index in [1.54, 1.807) is 18.2 Å². The normalized spacial score (nSPS) is 10.2. The van der Waals surface area contributed by atoms with Crippen LogP contribution in [0.15, 0.2) is 30.6 Å². The number of benzene rings is 1. The molecule has 0 aliphatic rings. The van der Waals surface area contributed by atoms with Gasteiger partial charge in [0.15, 0.2) is 0 Å². The first-order chi connectivity index (χ1) is 10.2. The summed E-state index contributed by atoms with van der Waals surface area (Å²) in [5.74, 6) is -0.0112. The quantitative estimate of drug-likeness (QED) is 0.612. The fourth-order valence-corrected chi connectivity index (χ4v) is 1.83. The van der Waals surface area contributed by atoms with E-state index in [1.807, 2.05) is 6.07 Å². The highest BCUT2D eigenvalue weighted by molar-refractivity contribution is 5.61. The summed E-state index contributed by atoms with van der Waals surface area (Å²) in [7, 11) is 1.31. The van der Waals surface area contributed by atoms with E-state index in [1.165, 1.54) is 13.4 Å². The molecule has 2 N–H and O–H groups in total. The second kappa shape index (κ2) is 6.62. The first-order valence-electron chi connectivity index (χ1n) is 6.11. The number of methoxy groups -OCH3 is 1. The van der Waals surface area contributed by atoms with E-state index in [0.717, 1.165) is 11.1 Å². The molecule has 0 amide bonds. The molecule has 2 rings (SSSR count). The third-order valence-corrected chi connectivity index (χ3v) is 2.80. The van der Waals surface area contributed by atoms with E-state index in [2.05, 4.69) is 15.3 Å². The molecule has 0 bridgehead atoms. The standard InChI is InChI=1S/C13H14N4O4/c1-21-13-11(17(19)20)12(15-8-16-13)14-6-9-3-2-4-10(5-9)7-18/h2-5,8,18H,6-7H2,1H3,(H,14,15,16). The molecule has 0 fully saturated rings. The van der Waals surface area contributed by atoms with Crippen LogP contribution in [0, 0.1) is 10.1 Å². The first-order valence-corrected chi connectivity index (χ1v) is 6.11. The van der Waals surface area contributed by atoms with Crippen LogP contribution in [0.5, 0.6) is 5.88 Å². The number of ether oxygens (including phenoxy) is 1. The largest absolute Gasteiger partial charge is 0.476 e. The summed E-state index contributed by atoms with van der Waals surface area (Å²) >= 11 is 0. The van der Waals surface area contributed by atoms with Crippen LogP contribution in [-0.4, -0.2) is 27.1 Å². The monoisotopic (exact) mass is 290 g/mol.